The fourth-order valence-corrected chi connectivity index (χ4v) is 3.57. The predicted octanol–water partition coefficient (Wildman–Crippen LogP) is 2.07. The summed E-state index contributed by atoms with van der Waals surface area (Å²) >= 11 is 0. The summed E-state index contributed by atoms with van der Waals surface area (Å²) in [7, 11) is 2.80. The van der Waals surface area contributed by atoms with E-state index in [1.165, 1.54) is 20.5 Å². The average Bonchev–Trinajstić information content (AvgIpc) is 2.86. The summed E-state index contributed by atoms with van der Waals surface area (Å²) in [6.45, 7) is 1.85. The highest BCUT2D eigenvalue weighted by atomic mass is 16.5. The number of carbonyl (C=O) groups excluding carboxylic acids is 3. The number of amides is 1. The van der Waals surface area contributed by atoms with Crippen LogP contribution in [0.3, 0.4) is 0 Å². The lowest BCUT2D eigenvalue weighted by Gasteiger charge is -2.30. The van der Waals surface area contributed by atoms with Crippen molar-refractivity contribution in [2.75, 3.05) is 14.2 Å². The zero-order valence-electron chi connectivity index (χ0n) is 13.3. The van der Waals surface area contributed by atoms with Crippen LogP contribution in [0.15, 0.2) is 11.8 Å². The van der Waals surface area contributed by atoms with Crippen LogP contribution in [-0.4, -0.2) is 48.9 Å². The first-order valence-corrected chi connectivity index (χ1v) is 7.70. The lowest BCUT2D eigenvalue weighted by Crippen LogP contribution is -2.46. The molecule has 0 spiro atoms. The van der Waals surface area contributed by atoms with Crippen molar-refractivity contribution in [3.63, 3.8) is 0 Å². The summed E-state index contributed by atoms with van der Waals surface area (Å²) in [6.07, 6.45) is 3.84. The Labute approximate surface area is 130 Å². The smallest absolute Gasteiger partial charge is 0.410 e. The zero-order chi connectivity index (χ0) is 16.3. The number of Topliss-reactive ketones (excluding diaryl/α,β-unsaturated/α-hetero) is 2. The van der Waals surface area contributed by atoms with Gasteiger partial charge in [-0.1, -0.05) is 6.92 Å². The molecule has 3 atom stereocenters. The van der Waals surface area contributed by atoms with Gasteiger partial charge in [-0.25, -0.2) is 4.79 Å². The average molecular weight is 309 g/mol. The lowest BCUT2D eigenvalue weighted by molar-refractivity contribution is -0.132. The van der Waals surface area contributed by atoms with Gasteiger partial charge in [0.2, 0.25) is 0 Å². The van der Waals surface area contributed by atoms with Gasteiger partial charge in [0.15, 0.2) is 5.78 Å². The van der Waals surface area contributed by atoms with E-state index >= 15 is 0 Å². The van der Waals surface area contributed by atoms with Gasteiger partial charge in [0.25, 0.3) is 0 Å². The van der Waals surface area contributed by atoms with Crippen LogP contribution in [-0.2, 0) is 19.1 Å². The maximum absolute atomic E-state index is 12.8. The van der Waals surface area contributed by atoms with Crippen molar-refractivity contribution in [2.45, 2.75) is 51.1 Å². The molecule has 0 radical (unpaired) electrons. The number of allylic oxidation sites excluding steroid dienone is 1. The molecule has 0 aromatic heterocycles. The molecule has 0 saturated carbocycles. The first-order chi connectivity index (χ1) is 10.5. The molecule has 2 aliphatic rings. The number of ether oxygens (including phenoxy) is 2. The van der Waals surface area contributed by atoms with Gasteiger partial charge < -0.3 is 14.4 Å². The number of rotatable bonds is 4. The molecule has 6 heteroatoms. The Morgan fingerprint density at radius 1 is 1.27 bits per heavy atom. The van der Waals surface area contributed by atoms with Gasteiger partial charge in [0.1, 0.15) is 11.7 Å². The third-order valence-electron chi connectivity index (χ3n) is 4.63. The molecule has 0 aromatic rings. The van der Waals surface area contributed by atoms with E-state index in [9.17, 15) is 14.4 Å². The van der Waals surface area contributed by atoms with E-state index in [1.54, 1.807) is 4.90 Å². The molecule has 2 rings (SSSR count). The van der Waals surface area contributed by atoms with Gasteiger partial charge >= 0.3 is 6.09 Å². The summed E-state index contributed by atoms with van der Waals surface area (Å²) in [5.74, 6) is -1.11. The van der Waals surface area contributed by atoms with Gasteiger partial charge in [-0.05, 0) is 25.7 Å². The van der Waals surface area contributed by atoms with Gasteiger partial charge in [0.05, 0.1) is 26.5 Å². The summed E-state index contributed by atoms with van der Waals surface area (Å²) in [5, 5.41) is 0. The van der Waals surface area contributed by atoms with E-state index in [-0.39, 0.29) is 17.6 Å². The van der Waals surface area contributed by atoms with Crippen molar-refractivity contribution in [3.05, 3.63) is 11.8 Å². The van der Waals surface area contributed by atoms with E-state index in [0.717, 1.165) is 6.42 Å². The molecule has 6 nitrogen and oxygen atoms in total. The monoisotopic (exact) mass is 309 g/mol. The van der Waals surface area contributed by atoms with Crippen molar-refractivity contribution in [1.29, 1.82) is 0 Å². The molecule has 122 valence electrons. The minimum atomic E-state index is -0.798. The molecule has 0 N–H and O–H groups in total. The highest BCUT2D eigenvalue weighted by molar-refractivity contribution is 6.11. The van der Waals surface area contributed by atoms with E-state index in [4.69, 9.17) is 9.47 Å². The molecule has 0 aliphatic carbocycles. The second kappa shape index (κ2) is 6.94. The van der Waals surface area contributed by atoms with E-state index in [0.29, 0.717) is 31.3 Å². The molecule has 2 fully saturated rings. The third-order valence-corrected chi connectivity index (χ3v) is 4.63. The molecule has 2 bridgehead atoms. The Hall–Kier alpha value is -1.85. The fourth-order valence-electron chi connectivity index (χ4n) is 3.57. The fraction of sp³-hybridized carbons (Fsp3) is 0.688. The van der Waals surface area contributed by atoms with Crippen LogP contribution >= 0.6 is 0 Å². The number of methoxy groups -OCH3 is 2. The van der Waals surface area contributed by atoms with Crippen LogP contribution in [0, 0.1) is 5.92 Å². The van der Waals surface area contributed by atoms with Crippen LogP contribution < -0.4 is 0 Å². The minimum absolute atomic E-state index is 0.00400. The quantitative estimate of drug-likeness (QED) is 0.451. The van der Waals surface area contributed by atoms with Crippen molar-refractivity contribution in [2.24, 2.45) is 5.92 Å². The molecule has 1 amide bonds. The van der Waals surface area contributed by atoms with E-state index in [2.05, 4.69) is 0 Å². The van der Waals surface area contributed by atoms with Crippen LogP contribution in [0.25, 0.3) is 0 Å². The second-order valence-electron chi connectivity index (χ2n) is 5.76. The van der Waals surface area contributed by atoms with E-state index < -0.39 is 18.1 Å². The molecular weight excluding hydrogens is 286 g/mol. The topological polar surface area (TPSA) is 72.9 Å². The SMILES string of the molecule is CC/C(=C\OC)C(=O)[C@@H]1C(=O)CC[C@@H]2CC[C@H]1N2C(=O)OC. The van der Waals surface area contributed by atoms with Crippen LogP contribution in [0.1, 0.15) is 39.0 Å². The Kier molecular flexibility index (Phi) is 5.21. The Morgan fingerprint density at radius 2 is 2.00 bits per heavy atom. The summed E-state index contributed by atoms with van der Waals surface area (Å²) in [6, 6.07) is -0.401. The summed E-state index contributed by atoms with van der Waals surface area (Å²) < 4.78 is 9.80. The molecule has 2 saturated heterocycles. The normalized spacial score (nSPS) is 28.3. The van der Waals surface area contributed by atoms with Crippen molar-refractivity contribution in [1.82, 2.24) is 4.90 Å². The molecular formula is C16H23NO5. The first kappa shape index (κ1) is 16.5. The number of hydrogen-bond donors (Lipinski definition) is 0. The maximum atomic E-state index is 12.8. The number of ketones is 2. The van der Waals surface area contributed by atoms with Crippen molar-refractivity contribution < 1.29 is 23.9 Å². The van der Waals surface area contributed by atoms with Crippen LogP contribution in [0.5, 0.6) is 0 Å². The predicted molar refractivity (Wildman–Crippen MR) is 79.2 cm³/mol. The standard InChI is InChI=1S/C16H23NO5/c1-4-10(9-21-2)15(19)14-12-7-5-11(6-8-13(14)18)17(12)16(20)22-3/h9,11-12,14H,4-8H2,1-3H3/b10-9+/t11-,12+,14-/m0/s1. The third kappa shape index (κ3) is 2.87. The van der Waals surface area contributed by atoms with Crippen LogP contribution in [0.4, 0.5) is 4.79 Å². The Bertz CT molecular complexity index is 499. The molecule has 2 aliphatic heterocycles. The molecule has 2 heterocycles. The van der Waals surface area contributed by atoms with Gasteiger partial charge in [-0.15, -0.1) is 0 Å². The van der Waals surface area contributed by atoms with Gasteiger partial charge in [-0.3, -0.25) is 9.59 Å². The van der Waals surface area contributed by atoms with Gasteiger partial charge in [0, 0.05) is 18.0 Å². The van der Waals surface area contributed by atoms with Crippen molar-refractivity contribution in [3.8, 4) is 0 Å². The largest absolute Gasteiger partial charge is 0.504 e. The van der Waals surface area contributed by atoms with E-state index in [1.807, 2.05) is 6.92 Å². The number of hydrogen-bond acceptors (Lipinski definition) is 5. The van der Waals surface area contributed by atoms with Gasteiger partial charge in [-0.2, -0.15) is 0 Å². The highest BCUT2D eigenvalue weighted by Gasteiger charge is 2.49. The Balaban J connectivity index is 2.35. The van der Waals surface area contributed by atoms with Crippen molar-refractivity contribution >= 4 is 17.7 Å². The lowest BCUT2D eigenvalue weighted by atomic mass is 9.83. The Morgan fingerprint density at radius 3 is 2.59 bits per heavy atom. The molecule has 22 heavy (non-hydrogen) atoms. The second-order valence-corrected chi connectivity index (χ2v) is 5.76. The minimum Gasteiger partial charge on any atom is -0.504 e. The number of nitrogens with zero attached hydrogens (tertiary/aromatic N) is 1. The summed E-state index contributed by atoms with van der Waals surface area (Å²) in [5.41, 5.74) is 0.482. The summed E-state index contributed by atoms with van der Waals surface area (Å²) in [4.78, 5) is 38.9. The highest BCUT2D eigenvalue weighted by Crippen LogP contribution is 2.38. The molecule has 0 aromatic carbocycles. The number of carbonyl (C=O) groups is 3. The van der Waals surface area contributed by atoms with Crippen LogP contribution in [0.2, 0.25) is 0 Å². The first-order valence-electron chi connectivity index (χ1n) is 7.70. The number of fused-ring (bicyclic) bond motifs is 2. The zero-order valence-corrected chi connectivity index (χ0v) is 13.3. The maximum Gasteiger partial charge on any atom is 0.410 e. The molecule has 0 unspecified atom stereocenters.